The lowest BCUT2D eigenvalue weighted by atomic mass is 9.90. The first kappa shape index (κ1) is 12.9. The molecule has 96 valence electrons. The molecule has 1 fully saturated rings. The molecule has 0 amide bonds. The summed E-state index contributed by atoms with van der Waals surface area (Å²) in [6.45, 7) is 6.13. The van der Waals surface area contributed by atoms with Gasteiger partial charge in [-0.15, -0.1) is 0 Å². The van der Waals surface area contributed by atoms with Crippen LogP contribution in [0.25, 0.3) is 0 Å². The normalized spacial score (nSPS) is 18.7. The fraction of sp³-hybridized carbons (Fsp3) is 0.533. The minimum absolute atomic E-state index is 0.565. The Morgan fingerprint density at radius 3 is 2.22 bits per heavy atom. The van der Waals surface area contributed by atoms with Gasteiger partial charge in [0.2, 0.25) is 0 Å². The highest BCUT2D eigenvalue weighted by molar-refractivity contribution is 5.48. The van der Waals surface area contributed by atoms with E-state index in [1.165, 1.54) is 11.3 Å². The van der Waals surface area contributed by atoms with Gasteiger partial charge in [-0.25, -0.2) is 0 Å². The molecule has 1 aromatic carbocycles. The second-order valence-electron chi connectivity index (χ2n) is 5.50. The monoisotopic (exact) mass is 243 g/mol. The molecule has 0 bridgehead atoms. The number of nitriles is 1. The fourth-order valence-corrected chi connectivity index (χ4v) is 2.35. The molecule has 1 aromatic rings. The molecule has 1 aliphatic heterocycles. The molecule has 2 N–H and O–H groups in total. The minimum Gasteiger partial charge on any atom is -0.371 e. The smallest absolute Gasteiger partial charge is 0.107 e. The van der Waals surface area contributed by atoms with E-state index in [9.17, 15) is 0 Å². The first-order valence-electron chi connectivity index (χ1n) is 6.59. The molecule has 3 heteroatoms. The van der Waals surface area contributed by atoms with Gasteiger partial charge in [-0.3, -0.25) is 0 Å². The number of anilines is 1. The molecule has 0 aliphatic carbocycles. The van der Waals surface area contributed by atoms with Crippen LogP contribution in [0.2, 0.25) is 0 Å². The van der Waals surface area contributed by atoms with Crippen molar-refractivity contribution in [1.29, 1.82) is 5.26 Å². The van der Waals surface area contributed by atoms with Crippen LogP contribution >= 0.6 is 0 Å². The molecule has 0 unspecified atom stereocenters. The molecule has 1 saturated heterocycles. The summed E-state index contributed by atoms with van der Waals surface area (Å²) >= 11 is 0. The molecule has 1 aliphatic rings. The highest BCUT2D eigenvalue weighted by Gasteiger charge is 2.30. The van der Waals surface area contributed by atoms with Crippen LogP contribution in [0, 0.1) is 11.3 Å². The summed E-state index contributed by atoms with van der Waals surface area (Å²) in [5.41, 5.74) is 7.96. The van der Waals surface area contributed by atoms with Gasteiger partial charge in [0.15, 0.2) is 0 Å². The van der Waals surface area contributed by atoms with Crippen LogP contribution in [-0.2, 0) is 0 Å². The van der Waals surface area contributed by atoms with Gasteiger partial charge in [-0.2, -0.15) is 5.26 Å². The maximum Gasteiger partial charge on any atom is 0.107 e. The van der Waals surface area contributed by atoms with E-state index in [4.69, 9.17) is 11.0 Å². The number of piperidine rings is 1. The Morgan fingerprint density at radius 2 is 1.78 bits per heavy atom. The van der Waals surface area contributed by atoms with E-state index in [1.54, 1.807) is 0 Å². The second kappa shape index (κ2) is 4.99. The zero-order valence-corrected chi connectivity index (χ0v) is 11.2. The van der Waals surface area contributed by atoms with Crippen LogP contribution in [0.4, 0.5) is 5.69 Å². The average Bonchev–Trinajstić information content (AvgIpc) is 2.40. The Kier molecular flexibility index (Phi) is 3.58. The van der Waals surface area contributed by atoms with Crippen molar-refractivity contribution in [1.82, 2.24) is 0 Å². The highest BCUT2D eigenvalue weighted by atomic mass is 15.1. The number of nitrogens with zero attached hydrogens (tertiary/aromatic N) is 2. The SMILES string of the molecule is CC(C)c1ccc(N2CCC(N)(C#N)CC2)cc1. The van der Waals surface area contributed by atoms with Gasteiger partial charge in [-0.05, 0) is 36.5 Å². The Morgan fingerprint density at radius 1 is 1.22 bits per heavy atom. The van der Waals surface area contributed by atoms with E-state index >= 15 is 0 Å². The minimum atomic E-state index is -0.617. The number of hydrogen-bond donors (Lipinski definition) is 1. The molecule has 1 heterocycles. The van der Waals surface area contributed by atoms with Gasteiger partial charge in [-0.1, -0.05) is 26.0 Å². The summed E-state index contributed by atoms with van der Waals surface area (Å²) in [5.74, 6) is 0.565. The molecule has 0 saturated carbocycles. The van der Waals surface area contributed by atoms with Gasteiger partial charge < -0.3 is 10.6 Å². The van der Waals surface area contributed by atoms with Crippen LogP contribution in [0.1, 0.15) is 38.2 Å². The molecule has 18 heavy (non-hydrogen) atoms. The van der Waals surface area contributed by atoms with E-state index in [1.807, 2.05) is 0 Å². The Hall–Kier alpha value is -1.53. The standard InChI is InChI=1S/C15H21N3/c1-12(2)13-3-5-14(6-4-13)18-9-7-15(17,11-16)8-10-18/h3-6,12H,7-10,17H2,1-2H3. The van der Waals surface area contributed by atoms with Crippen molar-refractivity contribution in [2.24, 2.45) is 5.73 Å². The molecule has 0 aromatic heterocycles. The Labute approximate surface area is 109 Å². The maximum absolute atomic E-state index is 9.01. The summed E-state index contributed by atoms with van der Waals surface area (Å²) in [6.07, 6.45) is 1.49. The van der Waals surface area contributed by atoms with Crippen molar-refractivity contribution in [3.05, 3.63) is 29.8 Å². The molecule has 0 radical (unpaired) electrons. The molecular formula is C15H21N3. The van der Waals surface area contributed by atoms with E-state index in [-0.39, 0.29) is 0 Å². The van der Waals surface area contributed by atoms with Gasteiger partial charge >= 0.3 is 0 Å². The lowest BCUT2D eigenvalue weighted by Gasteiger charge is -2.36. The number of benzene rings is 1. The van der Waals surface area contributed by atoms with E-state index in [2.05, 4.69) is 49.1 Å². The summed E-state index contributed by atoms with van der Waals surface area (Å²) in [4.78, 5) is 2.31. The third-order valence-electron chi connectivity index (χ3n) is 3.80. The van der Waals surface area contributed by atoms with E-state index in [0.717, 1.165) is 25.9 Å². The zero-order chi connectivity index (χ0) is 13.2. The first-order valence-corrected chi connectivity index (χ1v) is 6.59. The van der Waals surface area contributed by atoms with Crippen molar-refractivity contribution >= 4 is 5.69 Å². The summed E-state index contributed by atoms with van der Waals surface area (Å²) in [6, 6.07) is 10.9. The molecule has 0 spiro atoms. The highest BCUT2D eigenvalue weighted by Crippen LogP contribution is 2.25. The molecule has 2 rings (SSSR count). The largest absolute Gasteiger partial charge is 0.371 e. The Bertz CT molecular complexity index is 434. The van der Waals surface area contributed by atoms with E-state index in [0.29, 0.717) is 5.92 Å². The van der Waals surface area contributed by atoms with Crippen molar-refractivity contribution in [3.63, 3.8) is 0 Å². The third-order valence-corrected chi connectivity index (χ3v) is 3.80. The number of nitrogens with two attached hydrogens (primary N) is 1. The number of rotatable bonds is 2. The topological polar surface area (TPSA) is 53.0 Å². The summed E-state index contributed by atoms with van der Waals surface area (Å²) in [7, 11) is 0. The number of hydrogen-bond acceptors (Lipinski definition) is 3. The van der Waals surface area contributed by atoms with Crippen LogP contribution in [-0.4, -0.2) is 18.6 Å². The van der Waals surface area contributed by atoms with Crippen molar-refractivity contribution in [2.45, 2.75) is 38.1 Å². The van der Waals surface area contributed by atoms with Crippen molar-refractivity contribution in [2.75, 3.05) is 18.0 Å². The molecule has 0 atom stereocenters. The van der Waals surface area contributed by atoms with Gasteiger partial charge in [0.05, 0.1) is 6.07 Å². The maximum atomic E-state index is 9.01. The van der Waals surface area contributed by atoms with Crippen molar-refractivity contribution < 1.29 is 0 Å². The lowest BCUT2D eigenvalue weighted by Crippen LogP contribution is -2.49. The Balaban J connectivity index is 2.04. The summed E-state index contributed by atoms with van der Waals surface area (Å²) < 4.78 is 0. The lowest BCUT2D eigenvalue weighted by molar-refractivity contribution is 0.415. The zero-order valence-electron chi connectivity index (χ0n) is 11.2. The van der Waals surface area contributed by atoms with Gasteiger partial charge in [0.25, 0.3) is 0 Å². The van der Waals surface area contributed by atoms with Crippen LogP contribution in [0.3, 0.4) is 0 Å². The van der Waals surface area contributed by atoms with Crippen molar-refractivity contribution in [3.8, 4) is 6.07 Å². The van der Waals surface area contributed by atoms with Gasteiger partial charge in [0, 0.05) is 18.8 Å². The first-order chi connectivity index (χ1) is 8.54. The molecule has 3 nitrogen and oxygen atoms in total. The van der Waals surface area contributed by atoms with Gasteiger partial charge in [0.1, 0.15) is 5.54 Å². The fourth-order valence-electron chi connectivity index (χ4n) is 2.35. The summed E-state index contributed by atoms with van der Waals surface area (Å²) in [5, 5.41) is 9.01. The van der Waals surface area contributed by atoms with Crippen LogP contribution in [0.15, 0.2) is 24.3 Å². The predicted molar refractivity (Wildman–Crippen MR) is 74.5 cm³/mol. The average molecular weight is 243 g/mol. The second-order valence-corrected chi connectivity index (χ2v) is 5.50. The van der Waals surface area contributed by atoms with E-state index < -0.39 is 5.54 Å². The third kappa shape index (κ3) is 2.65. The van der Waals surface area contributed by atoms with Crippen LogP contribution in [0.5, 0.6) is 0 Å². The molecular weight excluding hydrogens is 222 g/mol. The quantitative estimate of drug-likeness (QED) is 0.868. The predicted octanol–water partition coefficient (Wildman–Crippen LogP) is 2.63. The van der Waals surface area contributed by atoms with Crippen LogP contribution < -0.4 is 10.6 Å².